The Morgan fingerprint density at radius 1 is 1.10 bits per heavy atom. The minimum atomic E-state index is -5.08. The summed E-state index contributed by atoms with van der Waals surface area (Å²) < 4.78 is 31.7. The van der Waals surface area contributed by atoms with Crippen LogP contribution in [0.3, 0.4) is 0 Å². The molecule has 4 rings (SSSR count). The van der Waals surface area contributed by atoms with Crippen molar-refractivity contribution in [2.45, 2.75) is 16.8 Å². The fourth-order valence-corrected chi connectivity index (χ4v) is 3.39. The van der Waals surface area contributed by atoms with Crippen molar-refractivity contribution in [3.63, 3.8) is 0 Å². The quantitative estimate of drug-likeness (QED) is 0.392. The van der Waals surface area contributed by atoms with Gasteiger partial charge in [-0.2, -0.15) is 18.2 Å². The zero-order valence-electron chi connectivity index (χ0n) is 15.1. The number of carboxylic acid groups (broad SMARTS) is 1. The Bertz CT molecular complexity index is 1070. The van der Waals surface area contributed by atoms with Gasteiger partial charge < -0.3 is 15.7 Å². The molecule has 0 radical (unpaired) electrons. The summed E-state index contributed by atoms with van der Waals surface area (Å²) in [7, 11) is 0. The van der Waals surface area contributed by atoms with E-state index in [1.165, 1.54) is 10.5 Å². The number of carboxylic acids is 1. The summed E-state index contributed by atoms with van der Waals surface area (Å²) in [6.07, 6.45) is -3.48. The molecule has 0 saturated heterocycles. The van der Waals surface area contributed by atoms with Gasteiger partial charge in [-0.05, 0) is 35.9 Å². The lowest BCUT2D eigenvalue weighted by Crippen LogP contribution is -2.21. The van der Waals surface area contributed by atoms with Crippen LogP contribution in [0.1, 0.15) is 5.56 Å². The van der Waals surface area contributed by atoms with E-state index in [0.717, 1.165) is 17.1 Å². The molecule has 3 aromatic rings. The summed E-state index contributed by atoms with van der Waals surface area (Å²) in [4.78, 5) is 18.8. The Labute approximate surface area is 178 Å². The van der Waals surface area contributed by atoms with Crippen molar-refractivity contribution in [2.75, 3.05) is 10.6 Å². The van der Waals surface area contributed by atoms with Crippen LogP contribution in [0.5, 0.6) is 0 Å². The van der Waals surface area contributed by atoms with Crippen LogP contribution < -0.4 is 10.6 Å². The number of rotatable bonds is 0. The van der Waals surface area contributed by atoms with Crippen molar-refractivity contribution in [3.8, 4) is 0 Å². The van der Waals surface area contributed by atoms with Crippen LogP contribution in [0.15, 0.2) is 59.6 Å². The van der Waals surface area contributed by atoms with Crippen LogP contribution in [0, 0.1) is 0 Å². The van der Waals surface area contributed by atoms with Crippen molar-refractivity contribution < 1.29 is 23.1 Å². The average Bonchev–Trinajstić information content (AvgIpc) is 2.69. The third-order valence-corrected chi connectivity index (χ3v) is 5.01. The van der Waals surface area contributed by atoms with Crippen molar-refractivity contribution in [1.82, 2.24) is 9.97 Å². The van der Waals surface area contributed by atoms with Crippen molar-refractivity contribution in [1.29, 1.82) is 0 Å². The van der Waals surface area contributed by atoms with Gasteiger partial charge in [0.25, 0.3) is 0 Å². The highest BCUT2D eigenvalue weighted by Gasteiger charge is 2.38. The van der Waals surface area contributed by atoms with Crippen LogP contribution >= 0.6 is 23.4 Å². The molecule has 0 fully saturated rings. The molecule has 0 unspecified atom stereocenters. The van der Waals surface area contributed by atoms with Crippen molar-refractivity contribution in [3.05, 3.63) is 65.3 Å². The van der Waals surface area contributed by atoms with E-state index in [1.54, 1.807) is 18.0 Å². The standard InChI is InChI=1S/C17H13ClN4S.C2HF3O2/c18-15-9-19-17-21-12-4-1-3-11(7-12)10-23-14-6-2-5-13(8-14)20-16(15)22-17;3-2(4,5)1(6)7/h1-9H,10H2,(H2,19,20,21,22);(H,6,7). The number of halogens is 4. The average molecular weight is 455 g/mol. The van der Waals surface area contributed by atoms with E-state index < -0.39 is 12.1 Å². The highest BCUT2D eigenvalue weighted by Crippen LogP contribution is 2.30. The number of aromatic nitrogens is 2. The largest absolute Gasteiger partial charge is 0.490 e. The lowest BCUT2D eigenvalue weighted by atomic mass is 10.2. The topological polar surface area (TPSA) is 87.1 Å². The van der Waals surface area contributed by atoms with Gasteiger partial charge in [0.1, 0.15) is 5.02 Å². The highest BCUT2D eigenvalue weighted by atomic mass is 35.5. The second-order valence-corrected chi connectivity index (χ2v) is 7.42. The van der Waals surface area contributed by atoms with Gasteiger partial charge in [-0.15, -0.1) is 11.8 Å². The Morgan fingerprint density at radius 2 is 1.77 bits per heavy atom. The Kier molecular flexibility index (Phi) is 6.68. The van der Waals surface area contributed by atoms with E-state index in [4.69, 9.17) is 21.5 Å². The van der Waals surface area contributed by atoms with Gasteiger partial charge in [-0.25, -0.2) is 9.78 Å². The third kappa shape index (κ3) is 6.01. The highest BCUT2D eigenvalue weighted by molar-refractivity contribution is 7.98. The first-order valence-electron chi connectivity index (χ1n) is 8.39. The Morgan fingerprint density at radius 3 is 2.47 bits per heavy atom. The second-order valence-electron chi connectivity index (χ2n) is 5.96. The van der Waals surface area contributed by atoms with Gasteiger partial charge in [0.2, 0.25) is 5.95 Å². The summed E-state index contributed by atoms with van der Waals surface area (Å²) in [6, 6.07) is 16.5. The van der Waals surface area contributed by atoms with Gasteiger partial charge in [0.05, 0.1) is 6.20 Å². The monoisotopic (exact) mass is 454 g/mol. The molecule has 0 atom stereocenters. The molecule has 6 bridgehead atoms. The van der Waals surface area contributed by atoms with E-state index >= 15 is 0 Å². The molecular formula is C19H14ClF3N4O2S. The first-order valence-corrected chi connectivity index (χ1v) is 9.75. The fourth-order valence-electron chi connectivity index (χ4n) is 2.35. The first-order chi connectivity index (χ1) is 14.2. The number of hydrogen-bond acceptors (Lipinski definition) is 6. The van der Waals surface area contributed by atoms with Gasteiger partial charge >= 0.3 is 12.1 Å². The lowest BCUT2D eigenvalue weighted by Gasteiger charge is -2.10. The van der Waals surface area contributed by atoms with Gasteiger partial charge in [0, 0.05) is 22.0 Å². The van der Waals surface area contributed by atoms with Crippen molar-refractivity contribution >= 4 is 52.5 Å². The second kappa shape index (κ2) is 9.23. The molecule has 1 aliphatic heterocycles. The maximum atomic E-state index is 10.6. The zero-order valence-corrected chi connectivity index (χ0v) is 16.6. The number of carbonyl (C=O) groups is 1. The van der Waals surface area contributed by atoms with Crippen LogP contribution in [0.2, 0.25) is 5.02 Å². The number of nitrogens with zero attached hydrogens (tertiary/aromatic N) is 2. The molecule has 1 aliphatic rings. The maximum absolute atomic E-state index is 10.6. The van der Waals surface area contributed by atoms with Crippen LogP contribution in [-0.4, -0.2) is 27.2 Å². The van der Waals surface area contributed by atoms with E-state index in [1.807, 2.05) is 24.3 Å². The smallest absolute Gasteiger partial charge is 0.475 e. The summed E-state index contributed by atoms with van der Waals surface area (Å²) >= 11 is 8.01. The molecule has 2 heterocycles. The summed E-state index contributed by atoms with van der Waals surface area (Å²) in [5, 5.41) is 14.1. The molecule has 0 spiro atoms. The van der Waals surface area contributed by atoms with Crippen molar-refractivity contribution in [2.24, 2.45) is 0 Å². The number of benzene rings is 2. The van der Waals surface area contributed by atoms with Crippen LogP contribution in [-0.2, 0) is 10.5 Å². The normalized spacial score (nSPS) is 12.5. The van der Waals surface area contributed by atoms with Crippen LogP contribution in [0.25, 0.3) is 0 Å². The van der Waals surface area contributed by atoms with E-state index in [-0.39, 0.29) is 0 Å². The number of hydrogen-bond donors (Lipinski definition) is 3. The molecule has 0 amide bonds. The number of nitrogens with one attached hydrogen (secondary N) is 2. The van der Waals surface area contributed by atoms with E-state index in [9.17, 15) is 13.2 Å². The third-order valence-electron chi connectivity index (χ3n) is 3.67. The Hall–Kier alpha value is -2.98. The summed E-state index contributed by atoms with van der Waals surface area (Å²) in [5.74, 6) is -0.760. The molecule has 1 aromatic heterocycles. The predicted molar refractivity (Wildman–Crippen MR) is 110 cm³/mol. The molecule has 0 saturated carbocycles. The molecule has 11 heteroatoms. The molecular weight excluding hydrogens is 441 g/mol. The number of fused-ring (bicyclic) bond motifs is 6. The minimum Gasteiger partial charge on any atom is -0.475 e. The molecule has 3 N–H and O–H groups in total. The van der Waals surface area contributed by atoms with Gasteiger partial charge in [-0.3, -0.25) is 0 Å². The molecule has 0 aliphatic carbocycles. The molecule has 2 aromatic carbocycles. The number of anilines is 4. The van der Waals surface area contributed by atoms with Crippen LogP contribution in [0.4, 0.5) is 36.3 Å². The fraction of sp³-hybridized carbons (Fsp3) is 0.105. The summed E-state index contributed by atoms with van der Waals surface area (Å²) in [5.41, 5.74) is 3.15. The zero-order chi connectivity index (χ0) is 21.7. The van der Waals surface area contributed by atoms with E-state index in [2.05, 4.69) is 44.9 Å². The predicted octanol–water partition coefficient (Wildman–Crippen LogP) is 5.86. The summed E-state index contributed by atoms with van der Waals surface area (Å²) in [6.45, 7) is 0. The van der Waals surface area contributed by atoms with Gasteiger partial charge in [-0.1, -0.05) is 29.8 Å². The molecule has 30 heavy (non-hydrogen) atoms. The molecule has 156 valence electrons. The SMILES string of the molecule is Clc1cnc2nc1Nc1cccc(c1)SCc1cccc(c1)N2.O=C(O)C(F)(F)F. The number of aliphatic carboxylic acids is 1. The minimum absolute atomic E-state index is 0.484. The van der Waals surface area contributed by atoms with Gasteiger partial charge in [0.15, 0.2) is 5.82 Å². The maximum Gasteiger partial charge on any atom is 0.490 e. The first kappa shape index (κ1) is 21.7. The number of alkyl halides is 3. The number of thioether (sulfide) groups is 1. The Balaban J connectivity index is 0.000000318. The lowest BCUT2D eigenvalue weighted by molar-refractivity contribution is -0.192. The van der Waals surface area contributed by atoms with E-state index in [0.29, 0.717) is 16.8 Å². The molecule has 6 nitrogen and oxygen atoms in total.